The normalized spacial score (nSPS) is 11.4. The van der Waals surface area contributed by atoms with E-state index in [2.05, 4.69) is 14.9 Å². The van der Waals surface area contributed by atoms with E-state index < -0.39 is 0 Å². The van der Waals surface area contributed by atoms with Crippen molar-refractivity contribution in [3.05, 3.63) is 10.6 Å². The van der Waals surface area contributed by atoms with Crippen LogP contribution in [0.1, 0.15) is 36.1 Å². The maximum absolute atomic E-state index is 11.6. The number of hydrogen-bond donors (Lipinski definition) is 1. The number of amides is 1. The van der Waals surface area contributed by atoms with Crippen LogP contribution in [0.5, 0.6) is 0 Å². The zero-order valence-corrected chi connectivity index (χ0v) is 9.03. The maximum atomic E-state index is 11.6. The molecule has 0 saturated carbocycles. The Morgan fingerprint density at radius 2 is 2.08 bits per heavy atom. The first-order chi connectivity index (χ1) is 5.90. The van der Waals surface area contributed by atoms with Crippen LogP contribution >= 0.6 is 11.5 Å². The van der Waals surface area contributed by atoms with Gasteiger partial charge in [0.25, 0.3) is 5.91 Å². The van der Waals surface area contributed by atoms with Gasteiger partial charge >= 0.3 is 0 Å². The molecule has 1 rings (SSSR count). The van der Waals surface area contributed by atoms with Crippen molar-refractivity contribution in [2.75, 3.05) is 0 Å². The van der Waals surface area contributed by atoms with Crippen LogP contribution in [0.4, 0.5) is 0 Å². The van der Waals surface area contributed by atoms with E-state index in [1.807, 2.05) is 20.8 Å². The number of carbonyl (C=O) groups is 1. The lowest BCUT2D eigenvalue weighted by Crippen LogP contribution is -2.40. The number of rotatable bonds is 1. The number of carbonyl (C=O) groups excluding carboxylic acids is 1. The molecule has 1 aromatic rings. The smallest absolute Gasteiger partial charge is 0.265 e. The third kappa shape index (κ3) is 2.77. The maximum Gasteiger partial charge on any atom is 0.265 e. The predicted octanol–water partition coefficient (Wildman–Crippen LogP) is 1.37. The zero-order valence-electron chi connectivity index (χ0n) is 8.21. The minimum Gasteiger partial charge on any atom is -0.347 e. The van der Waals surface area contributed by atoms with Crippen LogP contribution in [-0.2, 0) is 0 Å². The first-order valence-electron chi connectivity index (χ1n) is 4.01. The van der Waals surface area contributed by atoms with Crippen molar-refractivity contribution < 1.29 is 4.79 Å². The van der Waals surface area contributed by atoms with Crippen molar-refractivity contribution in [2.45, 2.75) is 33.2 Å². The van der Waals surface area contributed by atoms with E-state index in [0.717, 1.165) is 11.5 Å². The van der Waals surface area contributed by atoms with E-state index in [4.69, 9.17) is 0 Å². The monoisotopic (exact) mass is 199 g/mol. The summed E-state index contributed by atoms with van der Waals surface area (Å²) in [6.07, 6.45) is 0. The molecule has 1 N–H and O–H groups in total. The van der Waals surface area contributed by atoms with Crippen LogP contribution in [0.15, 0.2) is 0 Å². The fourth-order valence-electron chi connectivity index (χ4n) is 0.837. The number of aromatic nitrogens is 2. The highest BCUT2D eigenvalue weighted by molar-refractivity contribution is 7.08. The Morgan fingerprint density at radius 1 is 1.46 bits per heavy atom. The largest absolute Gasteiger partial charge is 0.347 e. The molecule has 0 aliphatic carbocycles. The molecular weight excluding hydrogens is 186 g/mol. The molecule has 1 amide bonds. The molecule has 4 nitrogen and oxygen atoms in total. The molecule has 0 radical (unpaired) electrons. The third-order valence-electron chi connectivity index (χ3n) is 1.35. The van der Waals surface area contributed by atoms with Crippen LogP contribution in [0.25, 0.3) is 0 Å². The number of nitrogens with one attached hydrogen (secondary N) is 1. The van der Waals surface area contributed by atoms with Gasteiger partial charge in [-0.2, -0.15) is 0 Å². The summed E-state index contributed by atoms with van der Waals surface area (Å²) < 4.78 is 3.70. The van der Waals surface area contributed by atoms with Crippen LogP contribution in [0.3, 0.4) is 0 Å². The highest BCUT2D eigenvalue weighted by Crippen LogP contribution is 2.10. The predicted molar refractivity (Wildman–Crippen MR) is 51.9 cm³/mol. The highest BCUT2D eigenvalue weighted by Gasteiger charge is 2.18. The lowest BCUT2D eigenvalue weighted by atomic mass is 10.1. The molecule has 1 heterocycles. The molecule has 1 aromatic heterocycles. The average molecular weight is 199 g/mol. The minimum absolute atomic E-state index is 0.0972. The van der Waals surface area contributed by atoms with Gasteiger partial charge in [0.05, 0.1) is 5.69 Å². The van der Waals surface area contributed by atoms with E-state index in [0.29, 0.717) is 10.6 Å². The second-order valence-electron chi connectivity index (χ2n) is 3.89. The molecule has 0 unspecified atom stereocenters. The summed E-state index contributed by atoms with van der Waals surface area (Å²) in [5, 5.41) is 6.63. The Labute approximate surface area is 81.5 Å². The molecule has 0 aliphatic heterocycles. The van der Waals surface area contributed by atoms with Gasteiger partial charge in [-0.05, 0) is 39.2 Å². The number of aryl methyl sites for hydroxylation is 1. The average Bonchev–Trinajstić information content (AvgIpc) is 2.30. The summed E-state index contributed by atoms with van der Waals surface area (Å²) in [5.41, 5.74) is 0.472. The first kappa shape index (κ1) is 10.1. The van der Waals surface area contributed by atoms with Crippen LogP contribution in [-0.4, -0.2) is 21.0 Å². The van der Waals surface area contributed by atoms with Crippen molar-refractivity contribution in [1.82, 2.24) is 14.9 Å². The van der Waals surface area contributed by atoms with E-state index in [1.54, 1.807) is 6.92 Å². The Hall–Kier alpha value is -0.970. The molecule has 0 spiro atoms. The van der Waals surface area contributed by atoms with Gasteiger partial charge in [0.1, 0.15) is 4.88 Å². The number of nitrogens with zero attached hydrogens (tertiary/aromatic N) is 2. The molecule has 13 heavy (non-hydrogen) atoms. The van der Waals surface area contributed by atoms with E-state index in [1.165, 1.54) is 0 Å². The summed E-state index contributed by atoms with van der Waals surface area (Å²) in [5.74, 6) is -0.0972. The second kappa shape index (κ2) is 3.41. The van der Waals surface area contributed by atoms with Crippen molar-refractivity contribution in [2.24, 2.45) is 0 Å². The van der Waals surface area contributed by atoms with Gasteiger partial charge in [0, 0.05) is 5.54 Å². The van der Waals surface area contributed by atoms with E-state index >= 15 is 0 Å². The number of hydrogen-bond acceptors (Lipinski definition) is 4. The lowest BCUT2D eigenvalue weighted by Gasteiger charge is -2.19. The quantitative estimate of drug-likeness (QED) is 0.743. The van der Waals surface area contributed by atoms with Gasteiger partial charge in [0.2, 0.25) is 0 Å². The molecule has 5 heteroatoms. The topological polar surface area (TPSA) is 54.9 Å². The molecule has 0 aromatic carbocycles. The van der Waals surface area contributed by atoms with Crippen LogP contribution in [0, 0.1) is 6.92 Å². The summed E-state index contributed by atoms with van der Waals surface area (Å²) in [4.78, 5) is 12.2. The Kier molecular flexibility index (Phi) is 2.66. The molecule has 0 saturated heterocycles. The van der Waals surface area contributed by atoms with E-state index in [-0.39, 0.29) is 11.4 Å². The Balaban J connectivity index is 2.76. The Morgan fingerprint density at radius 3 is 2.46 bits per heavy atom. The SMILES string of the molecule is Cc1nnsc1C(=O)NC(C)(C)C. The lowest BCUT2D eigenvalue weighted by molar-refractivity contribution is 0.0923. The Bertz CT molecular complexity index is 313. The molecule has 72 valence electrons. The standard InChI is InChI=1S/C8H13N3OS/c1-5-6(13-11-10-5)7(12)9-8(2,3)4/h1-4H3,(H,9,12). The van der Waals surface area contributed by atoms with Gasteiger partial charge < -0.3 is 5.32 Å². The van der Waals surface area contributed by atoms with E-state index in [9.17, 15) is 4.79 Å². The molecule has 0 atom stereocenters. The van der Waals surface area contributed by atoms with Crippen molar-refractivity contribution in [1.29, 1.82) is 0 Å². The van der Waals surface area contributed by atoms with Crippen LogP contribution in [0.2, 0.25) is 0 Å². The second-order valence-corrected chi connectivity index (χ2v) is 4.65. The zero-order chi connectivity index (χ0) is 10.1. The summed E-state index contributed by atoms with van der Waals surface area (Å²) in [7, 11) is 0. The molecule has 0 aliphatic rings. The minimum atomic E-state index is -0.215. The molecular formula is C8H13N3OS. The fourth-order valence-corrected chi connectivity index (χ4v) is 1.39. The van der Waals surface area contributed by atoms with Gasteiger partial charge in [-0.25, -0.2) is 0 Å². The molecule has 0 bridgehead atoms. The van der Waals surface area contributed by atoms with Crippen LogP contribution < -0.4 is 5.32 Å². The van der Waals surface area contributed by atoms with Gasteiger partial charge in [0.15, 0.2) is 0 Å². The summed E-state index contributed by atoms with van der Waals surface area (Å²) in [6, 6.07) is 0. The van der Waals surface area contributed by atoms with Crippen molar-refractivity contribution >= 4 is 17.4 Å². The summed E-state index contributed by atoms with van der Waals surface area (Å²) in [6.45, 7) is 7.60. The van der Waals surface area contributed by atoms with Gasteiger partial charge in [-0.1, -0.05) is 4.49 Å². The highest BCUT2D eigenvalue weighted by atomic mass is 32.1. The summed E-state index contributed by atoms with van der Waals surface area (Å²) >= 11 is 1.13. The van der Waals surface area contributed by atoms with Crippen molar-refractivity contribution in [3.63, 3.8) is 0 Å². The van der Waals surface area contributed by atoms with Gasteiger partial charge in [-0.3, -0.25) is 4.79 Å². The third-order valence-corrected chi connectivity index (χ3v) is 2.17. The fraction of sp³-hybridized carbons (Fsp3) is 0.625. The molecule has 0 fully saturated rings. The van der Waals surface area contributed by atoms with Crippen molar-refractivity contribution in [3.8, 4) is 0 Å². The van der Waals surface area contributed by atoms with Gasteiger partial charge in [-0.15, -0.1) is 5.10 Å². The first-order valence-corrected chi connectivity index (χ1v) is 4.79.